The van der Waals surface area contributed by atoms with Crippen LogP contribution in [0.15, 0.2) is 59.8 Å². The van der Waals surface area contributed by atoms with Crippen molar-refractivity contribution in [2.24, 2.45) is 5.16 Å². The minimum Gasteiger partial charge on any atom is -0.409 e. The summed E-state index contributed by atoms with van der Waals surface area (Å²) in [5, 5.41) is 26.3. The van der Waals surface area contributed by atoms with Gasteiger partial charge in [-0.15, -0.1) is 0 Å². The van der Waals surface area contributed by atoms with Crippen molar-refractivity contribution in [3.05, 3.63) is 70.3 Å². The van der Waals surface area contributed by atoms with Gasteiger partial charge >= 0.3 is 0 Å². The SMILES string of the molecule is CN(CCNc1ccc([N+](=O)[O-])cc1)/C(=N/O)c1ccccc1. The molecule has 2 aromatic carbocycles. The van der Waals surface area contributed by atoms with Crippen molar-refractivity contribution in [2.75, 3.05) is 25.5 Å². The maximum absolute atomic E-state index is 10.6. The summed E-state index contributed by atoms with van der Waals surface area (Å²) in [5.41, 5.74) is 1.69. The van der Waals surface area contributed by atoms with Gasteiger partial charge in [-0.3, -0.25) is 10.1 Å². The number of likely N-dealkylation sites (N-methyl/N-ethyl adjacent to an activating group) is 1. The Kier molecular flexibility index (Phi) is 5.51. The summed E-state index contributed by atoms with van der Waals surface area (Å²) < 4.78 is 0. The Bertz CT molecular complexity index is 671. The van der Waals surface area contributed by atoms with Gasteiger partial charge in [-0.25, -0.2) is 0 Å². The zero-order valence-corrected chi connectivity index (χ0v) is 12.7. The van der Waals surface area contributed by atoms with E-state index >= 15 is 0 Å². The summed E-state index contributed by atoms with van der Waals surface area (Å²) in [7, 11) is 1.83. The Labute approximate surface area is 134 Å². The van der Waals surface area contributed by atoms with E-state index in [1.807, 2.05) is 42.3 Å². The van der Waals surface area contributed by atoms with Crippen molar-refractivity contribution in [3.63, 3.8) is 0 Å². The highest BCUT2D eigenvalue weighted by atomic mass is 16.6. The first-order valence-electron chi connectivity index (χ1n) is 7.09. The molecule has 0 saturated carbocycles. The highest BCUT2D eigenvalue weighted by Crippen LogP contribution is 2.15. The summed E-state index contributed by atoms with van der Waals surface area (Å²) >= 11 is 0. The topological polar surface area (TPSA) is 91.0 Å². The number of nitrogens with zero attached hydrogens (tertiary/aromatic N) is 3. The quantitative estimate of drug-likeness (QED) is 0.281. The van der Waals surface area contributed by atoms with Gasteiger partial charge in [-0.05, 0) is 12.1 Å². The molecule has 0 aliphatic carbocycles. The summed E-state index contributed by atoms with van der Waals surface area (Å²) in [5.74, 6) is 0.482. The fourth-order valence-corrected chi connectivity index (χ4v) is 2.12. The largest absolute Gasteiger partial charge is 0.409 e. The molecule has 0 atom stereocenters. The molecule has 23 heavy (non-hydrogen) atoms. The molecular formula is C16H18N4O3. The van der Waals surface area contributed by atoms with Crippen molar-refractivity contribution in [2.45, 2.75) is 0 Å². The van der Waals surface area contributed by atoms with Crippen LogP contribution >= 0.6 is 0 Å². The molecule has 0 aliphatic rings. The highest BCUT2D eigenvalue weighted by Gasteiger charge is 2.09. The maximum atomic E-state index is 10.6. The summed E-state index contributed by atoms with van der Waals surface area (Å²) in [6.07, 6.45) is 0. The van der Waals surface area contributed by atoms with Gasteiger partial charge in [0.05, 0.1) is 4.92 Å². The lowest BCUT2D eigenvalue weighted by Gasteiger charge is -2.20. The van der Waals surface area contributed by atoms with Crippen LogP contribution in [0.4, 0.5) is 11.4 Å². The Hall–Kier alpha value is -3.09. The van der Waals surface area contributed by atoms with E-state index in [1.54, 1.807) is 12.1 Å². The van der Waals surface area contributed by atoms with E-state index in [1.165, 1.54) is 12.1 Å². The average Bonchev–Trinajstić information content (AvgIpc) is 2.57. The standard InChI is InChI=1S/C16H18N4O3/c1-19(16(18-21)13-5-3-2-4-6-13)12-11-17-14-7-9-15(10-8-14)20(22)23/h2-10,17,21H,11-12H2,1H3/b18-16+. The molecule has 0 radical (unpaired) electrons. The first-order valence-corrected chi connectivity index (χ1v) is 7.09. The Morgan fingerprint density at radius 1 is 1.22 bits per heavy atom. The third kappa shape index (κ3) is 4.44. The Morgan fingerprint density at radius 2 is 1.87 bits per heavy atom. The number of hydrogen-bond donors (Lipinski definition) is 2. The number of amidine groups is 1. The highest BCUT2D eigenvalue weighted by molar-refractivity contribution is 5.98. The van der Waals surface area contributed by atoms with E-state index in [0.717, 1.165) is 11.3 Å². The third-order valence-electron chi connectivity index (χ3n) is 3.34. The molecule has 7 nitrogen and oxygen atoms in total. The molecule has 0 aromatic heterocycles. The molecule has 2 aromatic rings. The predicted octanol–water partition coefficient (Wildman–Crippen LogP) is 2.77. The van der Waals surface area contributed by atoms with Crippen LogP contribution in [0.2, 0.25) is 0 Å². The smallest absolute Gasteiger partial charge is 0.269 e. The molecule has 7 heteroatoms. The monoisotopic (exact) mass is 314 g/mol. The summed E-state index contributed by atoms with van der Waals surface area (Å²) in [4.78, 5) is 12.0. The van der Waals surface area contributed by atoms with Crippen LogP contribution in [-0.4, -0.2) is 41.0 Å². The number of nitrogens with one attached hydrogen (secondary N) is 1. The average molecular weight is 314 g/mol. The van der Waals surface area contributed by atoms with Crippen LogP contribution in [-0.2, 0) is 0 Å². The van der Waals surface area contributed by atoms with E-state index in [-0.39, 0.29) is 5.69 Å². The van der Waals surface area contributed by atoms with Gasteiger partial charge < -0.3 is 15.4 Å². The van der Waals surface area contributed by atoms with Crippen LogP contribution in [0, 0.1) is 10.1 Å². The lowest BCUT2D eigenvalue weighted by atomic mass is 10.2. The van der Waals surface area contributed by atoms with Gasteiger partial charge in [0.15, 0.2) is 5.84 Å². The zero-order valence-electron chi connectivity index (χ0n) is 12.7. The Balaban J connectivity index is 1.89. The fourth-order valence-electron chi connectivity index (χ4n) is 2.12. The van der Waals surface area contributed by atoms with Gasteiger partial charge in [-0.1, -0.05) is 35.5 Å². The molecule has 0 spiro atoms. The lowest BCUT2D eigenvalue weighted by Crippen LogP contribution is -2.32. The number of rotatable bonds is 6. The molecular weight excluding hydrogens is 296 g/mol. The van der Waals surface area contributed by atoms with Gasteiger partial charge in [-0.2, -0.15) is 0 Å². The number of hydrogen-bond acceptors (Lipinski definition) is 5. The van der Waals surface area contributed by atoms with Crippen molar-refractivity contribution >= 4 is 17.2 Å². The van der Waals surface area contributed by atoms with Crippen molar-refractivity contribution < 1.29 is 10.1 Å². The van der Waals surface area contributed by atoms with Crippen LogP contribution in [0.5, 0.6) is 0 Å². The van der Waals surface area contributed by atoms with Crippen LogP contribution < -0.4 is 5.32 Å². The van der Waals surface area contributed by atoms with Crippen molar-refractivity contribution in [1.29, 1.82) is 0 Å². The summed E-state index contributed by atoms with van der Waals surface area (Å²) in [6.45, 7) is 1.20. The van der Waals surface area contributed by atoms with E-state index in [2.05, 4.69) is 10.5 Å². The maximum Gasteiger partial charge on any atom is 0.269 e. The molecule has 2 rings (SSSR count). The van der Waals surface area contributed by atoms with Crippen molar-refractivity contribution in [1.82, 2.24) is 4.90 Å². The van der Waals surface area contributed by atoms with E-state index in [0.29, 0.717) is 18.9 Å². The Morgan fingerprint density at radius 3 is 2.43 bits per heavy atom. The van der Waals surface area contributed by atoms with Gasteiger partial charge in [0.1, 0.15) is 0 Å². The number of non-ortho nitro benzene ring substituents is 1. The number of benzene rings is 2. The van der Waals surface area contributed by atoms with E-state index < -0.39 is 4.92 Å². The van der Waals surface area contributed by atoms with Gasteiger partial charge in [0, 0.05) is 43.5 Å². The molecule has 0 bridgehead atoms. The number of nitro groups is 1. The second-order valence-electron chi connectivity index (χ2n) is 4.94. The number of anilines is 1. The fraction of sp³-hybridized carbons (Fsp3) is 0.188. The second-order valence-corrected chi connectivity index (χ2v) is 4.94. The first kappa shape index (κ1) is 16.3. The molecule has 0 fully saturated rings. The van der Waals surface area contributed by atoms with Crippen LogP contribution in [0.3, 0.4) is 0 Å². The predicted molar refractivity (Wildman–Crippen MR) is 89.0 cm³/mol. The molecule has 0 saturated heterocycles. The van der Waals surface area contributed by atoms with Crippen LogP contribution in [0.25, 0.3) is 0 Å². The first-order chi connectivity index (χ1) is 11.1. The molecule has 2 N–H and O–H groups in total. The minimum absolute atomic E-state index is 0.0615. The van der Waals surface area contributed by atoms with Gasteiger partial charge in [0.25, 0.3) is 5.69 Å². The molecule has 120 valence electrons. The normalized spacial score (nSPS) is 11.1. The van der Waals surface area contributed by atoms with Gasteiger partial charge in [0.2, 0.25) is 0 Å². The molecule has 0 heterocycles. The molecule has 0 aliphatic heterocycles. The third-order valence-corrected chi connectivity index (χ3v) is 3.34. The molecule has 0 amide bonds. The van der Waals surface area contributed by atoms with Crippen LogP contribution in [0.1, 0.15) is 5.56 Å². The lowest BCUT2D eigenvalue weighted by molar-refractivity contribution is -0.384. The van der Waals surface area contributed by atoms with E-state index in [4.69, 9.17) is 0 Å². The number of oxime groups is 1. The number of nitro benzene ring substituents is 1. The van der Waals surface area contributed by atoms with E-state index in [9.17, 15) is 15.3 Å². The summed E-state index contributed by atoms with van der Waals surface area (Å²) in [6, 6.07) is 15.6. The van der Waals surface area contributed by atoms with Crippen molar-refractivity contribution in [3.8, 4) is 0 Å². The second kappa shape index (κ2) is 7.79. The zero-order chi connectivity index (χ0) is 16.7. The minimum atomic E-state index is -0.429. The molecule has 0 unspecified atom stereocenters.